The molecule has 0 bridgehead atoms. The van der Waals surface area contributed by atoms with Gasteiger partial charge < -0.3 is 16.0 Å². The molecule has 2 amide bonds. The molecule has 1 aliphatic carbocycles. The van der Waals surface area contributed by atoms with Gasteiger partial charge in [-0.2, -0.15) is 5.26 Å². The summed E-state index contributed by atoms with van der Waals surface area (Å²) in [7, 11) is 0. The average Bonchev–Trinajstić information content (AvgIpc) is 2.89. The largest absolute Gasteiger partial charge is 0.353 e. The number of nitrogens with zero attached hydrogens (tertiary/aromatic N) is 1. The zero-order valence-electron chi connectivity index (χ0n) is 20.4. The third-order valence-electron chi connectivity index (χ3n) is 6.53. The SMILES string of the molecule is CC1=C(C(=O)Nc2ccc(Cl)cc2)[C@H](c2ccccc2F)C(C#N)=C(SCC(=O)NC2CCCCC2)N1. The lowest BCUT2D eigenvalue weighted by atomic mass is 9.82. The van der Waals surface area contributed by atoms with E-state index >= 15 is 4.39 Å². The van der Waals surface area contributed by atoms with Gasteiger partial charge in [-0.1, -0.05) is 60.8 Å². The van der Waals surface area contributed by atoms with E-state index in [1.54, 1.807) is 49.4 Å². The number of rotatable bonds is 7. The zero-order valence-corrected chi connectivity index (χ0v) is 22.0. The van der Waals surface area contributed by atoms with Gasteiger partial charge in [0.2, 0.25) is 5.91 Å². The molecule has 1 saturated carbocycles. The number of dihydropyridines is 1. The van der Waals surface area contributed by atoms with E-state index < -0.39 is 17.6 Å². The number of hydrogen-bond donors (Lipinski definition) is 3. The Morgan fingerprint density at radius 2 is 1.84 bits per heavy atom. The molecule has 1 fully saturated rings. The first kappa shape index (κ1) is 26.8. The molecule has 0 spiro atoms. The first-order valence-electron chi connectivity index (χ1n) is 12.2. The monoisotopic (exact) mass is 538 g/mol. The number of hydrogen-bond acceptors (Lipinski definition) is 5. The summed E-state index contributed by atoms with van der Waals surface area (Å²) in [6, 6.07) is 15.1. The van der Waals surface area contributed by atoms with Crippen molar-refractivity contribution in [2.75, 3.05) is 11.1 Å². The third kappa shape index (κ3) is 6.54. The number of anilines is 1. The average molecular weight is 539 g/mol. The van der Waals surface area contributed by atoms with Crippen molar-refractivity contribution < 1.29 is 14.0 Å². The van der Waals surface area contributed by atoms with Gasteiger partial charge in [0, 0.05) is 33.6 Å². The van der Waals surface area contributed by atoms with Gasteiger partial charge in [0.05, 0.1) is 28.3 Å². The molecule has 2 aliphatic rings. The van der Waals surface area contributed by atoms with E-state index in [2.05, 4.69) is 22.0 Å². The summed E-state index contributed by atoms with van der Waals surface area (Å²) < 4.78 is 15.0. The number of allylic oxidation sites excluding steroid dienone is 2. The smallest absolute Gasteiger partial charge is 0.254 e. The zero-order chi connectivity index (χ0) is 26.4. The second-order valence-electron chi connectivity index (χ2n) is 9.12. The predicted octanol–water partition coefficient (Wildman–Crippen LogP) is 6.00. The van der Waals surface area contributed by atoms with E-state index in [0.29, 0.717) is 21.4 Å². The molecule has 6 nitrogen and oxygen atoms in total. The molecule has 9 heteroatoms. The fourth-order valence-electron chi connectivity index (χ4n) is 4.73. The molecular weight excluding hydrogens is 511 g/mol. The van der Waals surface area contributed by atoms with Gasteiger partial charge in [-0.05, 0) is 50.1 Å². The van der Waals surface area contributed by atoms with Crippen LogP contribution >= 0.6 is 23.4 Å². The first-order valence-corrected chi connectivity index (χ1v) is 13.6. The van der Waals surface area contributed by atoms with Crippen molar-refractivity contribution in [3.05, 3.63) is 86.8 Å². The Hall–Kier alpha value is -3.28. The summed E-state index contributed by atoms with van der Waals surface area (Å²) in [4.78, 5) is 26.1. The van der Waals surface area contributed by atoms with Crippen LogP contribution in [0.1, 0.15) is 50.5 Å². The van der Waals surface area contributed by atoms with Gasteiger partial charge in [0.15, 0.2) is 0 Å². The molecule has 2 aromatic carbocycles. The van der Waals surface area contributed by atoms with Crippen LogP contribution in [0.25, 0.3) is 0 Å². The second kappa shape index (κ2) is 12.3. The Morgan fingerprint density at radius 1 is 1.14 bits per heavy atom. The van der Waals surface area contributed by atoms with Gasteiger partial charge in [-0.15, -0.1) is 0 Å². The van der Waals surface area contributed by atoms with E-state index in [9.17, 15) is 14.9 Å². The second-order valence-corrected chi connectivity index (χ2v) is 10.5. The van der Waals surface area contributed by atoms with Crippen molar-refractivity contribution in [1.82, 2.24) is 10.6 Å². The number of amides is 2. The summed E-state index contributed by atoms with van der Waals surface area (Å²) in [6.07, 6.45) is 5.37. The van der Waals surface area contributed by atoms with Crippen LogP contribution in [-0.2, 0) is 9.59 Å². The third-order valence-corrected chi connectivity index (χ3v) is 7.80. The summed E-state index contributed by atoms with van der Waals surface area (Å²) in [5, 5.41) is 20.2. The Labute approximate surface area is 225 Å². The summed E-state index contributed by atoms with van der Waals surface area (Å²) in [5.74, 6) is -1.94. The minimum atomic E-state index is -0.941. The van der Waals surface area contributed by atoms with Crippen LogP contribution < -0.4 is 16.0 Å². The van der Waals surface area contributed by atoms with E-state index in [0.717, 1.165) is 25.7 Å². The highest BCUT2D eigenvalue weighted by Crippen LogP contribution is 2.41. The number of benzene rings is 2. The van der Waals surface area contributed by atoms with Crippen molar-refractivity contribution in [1.29, 1.82) is 5.26 Å². The van der Waals surface area contributed by atoms with E-state index in [1.807, 2.05) is 0 Å². The highest BCUT2D eigenvalue weighted by molar-refractivity contribution is 8.03. The van der Waals surface area contributed by atoms with Crippen LogP contribution in [0, 0.1) is 17.1 Å². The molecule has 37 heavy (non-hydrogen) atoms. The molecule has 1 atom stereocenters. The van der Waals surface area contributed by atoms with Crippen molar-refractivity contribution in [3.8, 4) is 6.07 Å². The van der Waals surface area contributed by atoms with Crippen molar-refractivity contribution in [3.63, 3.8) is 0 Å². The van der Waals surface area contributed by atoms with E-state index in [1.165, 1.54) is 24.2 Å². The first-order chi connectivity index (χ1) is 17.9. The maximum Gasteiger partial charge on any atom is 0.254 e. The predicted molar refractivity (Wildman–Crippen MR) is 145 cm³/mol. The lowest BCUT2D eigenvalue weighted by Gasteiger charge is -2.30. The molecule has 0 aromatic heterocycles. The van der Waals surface area contributed by atoms with Crippen molar-refractivity contribution in [2.24, 2.45) is 0 Å². The molecule has 4 rings (SSSR count). The van der Waals surface area contributed by atoms with Gasteiger partial charge in [0.1, 0.15) is 5.82 Å². The fourth-order valence-corrected chi connectivity index (χ4v) is 5.76. The van der Waals surface area contributed by atoms with Crippen LogP contribution in [0.15, 0.2) is 70.4 Å². The lowest BCUT2D eigenvalue weighted by Crippen LogP contribution is -2.37. The van der Waals surface area contributed by atoms with Gasteiger partial charge in [-0.3, -0.25) is 9.59 Å². The van der Waals surface area contributed by atoms with Crippen LogP contribution in [0.4, 0.5) is 10.1 Å². The van der Waals surface area contributed by atoms with Gasteiger partial charge in [-0.25, -0.2) is 4.39 Å². The Balaban J connectivity index is 1.61. The van der Waals surface area contributed by atoms with E-state index in [4.69, 9.17) is 11.6 Å². The Bertz CT molecular complexity index is 1280. The number of carbonyl (C=O) groups excluding carboxylic acids is 2. The van der Waals surface area contributed by atoms with Gasteiger partial charge in [0.25, 0.3) is 5.91 Å². The molecule has 0 radical (unpaired) electrons. The van der Waals surface area contributed by atoms with Crippen LogP contribution in [-0.4, -0.2) is 23.6 Å². The number of carbonyl (C=O) groups is 2. The Morgan fingerprint density at radius 3 is 2.51 bits per heavy atom. The molecule has 3 N–H and O–H groups in total. The van der Waals surface area contributed by atoms with Crippen LogP contribution in [0.3, 0.4) is 0 Å². The molecule has 192 valence electrons. The van der Waals surface area contributed by atoms with E-state index in [-0.39, 0.29) is 34.4 Å². The molecule has 1 heterocycles. The summed E-state index contributed by atoms with van der Waals surface area (Å²) in [5.41, 5.74) is 1.63. The number of nitrogens with one attached hydrogen (secondary N) is 3. The highest BCUT2D eigenvalue weighted by Gasteiger charge is 2.36. The molecular formula is C28H28ClFN4O2S. The molecule has 0 unspecified atom stereocenters. The molecule has 1 aliphatic heterocycles. The molecule has 2 aromatic rings. The normalized spacial score (nSPS) is 18.2. The quantitative estimate of drug-likeness (QED) is 0.402. The Kier molecular flexibility index (Phi) is 8.91. The van der Waals surface area contributed by atoms with Gasteiger partial charge >= 0.3 is 0 Å². The topological polar surface area (TPSA) is 94.0 Å². The summed E-state index contributed by atoms with van der Waals surface area (Å²) in [6.45, 7) is 1.71. The minimum Gasteiger partial charge on any atom is -0.353 e. The number of halogens is 2. The highest BCUT2D eigenvalue weighted by atomic mass is 35.5. The number of thioether (sulfide) groups is 1. The van der Waals surface area contributed by atoms with Crippen LogP contribution in [0.5, 0.6) is 0 Å². The lowest BCUT2D eigenvalue weighted by molar-refractivity contribution is -0.119. The number of nitriles is 1. The standard InChI is InChI=1S/C28H28ClFN4O2S/c1-17-25(27(36)34-20-13-11-18(29)12-14-20)26(21-9-5-6-10-23(21)30)22(15-31)28(32-17)37-16-24(35)33-19-7-3-2-4-8-19/h5-6,9-14,19,26,32H,2-4,7-8,16H2,1H3,(H,33,35)(H,34,36)/t26-/m1/s1. The maximum atomic E-state index is 15.0. The molecule has 0 saturated heterocycles. The summed E-state index contributed by atoms with van der Waals surface area (Å²) >= 11 is 7.14. The van der Waals surface area contributed by atoms with Crippen molar-refractivity contribution in [2.45, 2.75) is 51.0 Å². The maximum absolute atomic E-state index is 15.0. The minimum absolute atomic E-state index is 0.105. The van der Waals surface area contributed by atoms with Crippen LogP contribution in [0.2, 0.25) is 5.02 Å². The van der Waals surface area contributed by atoms with Crippen molar-refractivity contribution >= 4 is 40.9 Å². The fraction of sp³-hybridized carbons (Fsp3) is 0.321.